The van der Waals surface area contributed by atoms with E-state index in [1.807, 2.05) is 0 Å². The lowest BCUT2D eigenvalue weighted by Crippen LogP contribution is -2.43. The molecule has 0 saturated carbocycles. The van der Waals surface area contributed by atoms with E-state index in [2.05, 4.69) is 4.74 Å². The van der Waals surface area contributed by atoms with Crippen LogP contribution < -0.4 is 0 Å². The molecule has 0 radical (unpaired) electrons. The van der Waals surface area contributed by atoms with Crippen LogP contribution in [0.25, 0.3) is 0 Å². The second-order valence-corrected chi connectivity index (χ2v) is 2.01. The van der Waals surface area contributed by atoms with E-state index in [9.17, 15) is 13.2 Å². The third kappa shape index (κ3) is 0.923. The van der Waals surface area contributed by atoms with Crippen molar-refractivity contribution in [2.24, 2.45) is 0 Å². The van der Waals surface area contributed by atoms with E-state index >= 15 is 0 Å². The number of alkyl halides is 2. The zero-order valence-corrected chi connectivity index (χ0v) is 5.40. The Kier molecular flexibility index (Phi) is 1.72. The molecule has 0 spiro atoms. The molecule has 0 aliphatic heterocycles. The van der Waals surface area contributed by atoms with Crippen molar-refractivity contribution in [1.82, 2.24) is 0 Å². The molecule has 0 N–H and O–H groups in total. The number of hydrogen-bond acceptors (Lipinski definition) is 1. The van der Waals surface area contributed by atoms with E-state index in [1.54, 1.807) is 6.92 Å². The zero-order chi connectivity index (χ0) is 7.78. The lowest BCUT2D eigenvalue weighted by molar-refractivity contribution is -0.124. The highest BCUT2D eigenvalue weighted by molar-refractivity contribution is 5.24. The van der Waals surface area contributed by atoms with Crippen LogP contribution in [-0.2, 0) is 4.74 Å². The van der Waals surface area contributed by atoms with E-state index in [-0.39, 0.29) is 6.61 Å². The molecule has 4 heteroatoms. The summed E-state index contributed by atoms with van der Waals surface area (Å²) in [7, 11) is 0. The van der Waals surface area contributed by atoms with E-state index in [0.717, 1.165) is 6.08 Å². The second-order valence-electron chi connectivity index (χ2n) is 2.01. The maximum absolute atomic E-state index is 12.2. The molecule has 0 bridgehead atoms. The third-order valence-electron chi connectivity index (χ3n) is 1.32. The molecule has 1 aliphatic carbocycles. The number of halogens is 3. The summed E-state index contributed by atoms with van der Waals surface area (Å²) in [5.74, 6) is -4.76. The Labute approximate surface area is 56.5 Å². The van der Waals surface area contributed by atoms with Gasteiger partial charge in [0.15, 0.2) is 5.83 Å². The van der Waals surface area contributed by atoms with Crippen molar-refractivity contribution in [2.45, 2.75) is 19.0 Å². The standard InChI is InChI=1S/C6H7F3O/c1-2-10-5-3-4(7)6(5,8)9/h3,5H,2H2,1H3. The molecule has 0 saturated heterocycles. The molecule has 1 nitrogen and oxygen atoms in total. The van der Waals surface area contributed by atoms with Gasteiger partial charge < -0.3 is 4.74 Å². The predicted octanol–water partition coefficient (Wildman–Crippen LogP) is 1.89. The van der Waals surface area contributed by atoms with Crippen molar-refractivity contribution in [3.8, 4) is 0 Å². The van der Waals surface area contributed by atoms with Crippen LogP contribution in [0.3, 0.4) is 0 Å². The first-order valence-corrected chi connectivity index (χ1v) is 2.96. The molecule has 1 unspecified atom stereocenters. The molecular formula is C6H7F3O. The Morgan fingerprint density at radius 3 is 2.60 bits per heavy atom. The van der Waals surface area contributed by atoms with Crippen molar-refractivity contribution in [3.05, 3.63) is 11.9 Å². The molecule has 58 valence electrons. The molecule has 1 atom stereocenters. The lowest BCUT2D eigenvalue weighted by atomic mass is 10.0. The highest BCUT2D eigenvalue weighted by Crippen LogP contribution is 2.40. The molecule has 1 aliphatic rings. The van der Waals surface area contributed by atoms with E-state index in [1.165, 1.54) is 0 Å². The zero-order valence-electron chi connectivity index (χ0n) is 5.40. The molecular weight excluding hydrogens is 145 g/mol. The van der Waals surface area contributed by atoms with Gasteiger partial charge in [-0.25, -0.2) is 4.39 Å². The van der Waals surface area contributed by atoms with Crippen LogP contribution in [0.5, 0.6) is 0 Å². The first-order valence-electron chi connectivity index (χ1n) is 2.96. The van der Waals surface area contributed by atoms with Gasteiger partial charge >= 0.3 is 5.92 Å². The van der Waals surface area contributed by atoms with Gasteiger partial charge in [-0.05, 0) is 13.0 Å². The van der Waals surface area contributed by atoms with Crippen LogP contribution in [0.15, 0.2) is 11.9 Å². The minimum atomic E-state index is -3.38. The molecule has 0 heterocycles. The van der Waals surface area contributed by atoms with E-state index in [0.29, 0.717) is 0 Å². The monoisotopic (exact) mass is 152 g/mol. The van der Waals surface area contributed by atoms with Gasteiger partial charge in [0.25, 0.3) is 0 Å². The molecule has 0 aromatic rings. The summed E-state index contributed by atoms with van der Waals surface area (Å²) in [5, 5.41) is 0. The summed E-state index contributed by atoms with van der Waals surface area (Å²) in [4.78, 5) is 0. The average Bonchev–Trinajstić information content (AvgIpc) is 1.88. The van der Waals surface area contributed by atoms with Crippen LogP contribution >= 0.6 is 0 Å². The van der Waals surface area contributed by atoms with Crippen LogP contribution in [0.4, 0.5) is 13.2 Å². The summed E-state index contributed by atoms with van der Waals surface area (Å²) in [5.41, 5.74) is 0. The van der Waals surface area contributed by atoms with Crippen LogP contribution in [-0.4, -0.2) is 18.6 Å². The highest BCUT2D eigenvalue weighted by Gasteiger charge is 2.52. The molecule has 0 fully saturated rings. The molecule has 0 aromatic heterocycles. The first kappa shape index (κ1) is 7.60. The number of hydrogen-bond donors (Lipinski definition) is 0. The molecule has 1 rings (SSSR count). The smallest absolute Gasteiger partial charge is 0.327 e. The molecule has 0 aromatic carbocycles. The van der Waals surface area contributed by atoms with Crippen molar-refractivity contribution in [1.29, 1.82) is 0 Å². The maximum atomic E-state index is 12.2. The largest absolute Gasteiger partial charge is 0.368 e. The van der Waals surface area contributed by atoms with Crippen molar-refractivity contribution in [2.75, 3.05) is 6.61 Å². The van der Waals surface area contributed by atoms with Gasteiger partial charge in [-0.2, -0.15) is 8.78 Å². The topological polar surface area (TPSA) is 9.23 Å². The number of ether oxygens (including phenoxy) is 1. The summed E-state index contributed by atoms with van der Waals surface area (Å²) < 4.78 is 40.8. The Balaban J connectivity index is 2.54. The van der Waals surface area contributed by atoms with Gasteiger partial charge in [0.05, 0.1) is 0 Å². The fourth-order valence-electron chi connectivity index (χ4n) is 0.721. The maximum Gasteiger partial charge on any atom is 0.327 e. The third-order valence-corrected chi connectivity index (χ3v) is 1.32. The average molecular weight is 152 g/mol. The fraction of sp³-hybridized carbons (Fsp3) is 0.667. The van der Waals surface area contributed by atoms with E-state index in [4.69, 9.17) is 0 Å². The SMILES string of the molecule is CCOC1C=C(F)C1(F)F. The summed E-state index contributed by atoms with van der Waals surface area (Å²) in [6, 6.07) is 0. The lowest BCUT2D eigenvalue weighted by Gasteiger charge is -2.30. The predicted molar refractivity (Wildman–Crippen MR) is 29.6 cm³/mol. The summed E-state index contributed by atoms with van der Waals surface area (Å²) in [6.07, 6.45) is -0.568. The van der Waals surface area contributed by atoms with Crippen LogP contribution in [0.2, 0.25) is 0 Å². The van der Waals surface area contributed by atoms with E-state index < -0.39 is 17.9 Å². The first-order chi connectivity index (χ1) is 4.59. The van der Waals surface area contributed by atoms with Gasteiger partial charge in [0, 0.05) is 6.61 Å². The van der Waals surface area contributed by atoms with Crippen LogP contribution in [0, 0.1) is 0 Å². The Bertz CT molecular complexity index is 164. The van der Waals surface area contributed by atoms with Crippen LogP contribution in [0.1, 0.15) is 6.92 Å². The number of rotatable bonds is 2. The Morgan fingerprint density at radius 2 is 2.30 bits per heavy atom. The summed E-state index contributed by atoms with van der Waals surface area (Å²) in [6.45, 7) is 1.75. The minimum absolute atomic E-state index is 0.171. The second kappa shape index (κ2) is 2.27. The molecule has 0 amide bonds. The van der Waals surface area contributed by atoms with Gasteiger partial charge in [-0.1, -0.05) is 0 Å². The van der Waals surface area contributed by atoms with Crippen molar-refractivity contribution < 1.29 is 17.9 Å². The van der Waals surface area contributed by atoms with Gasteiger partial charge in [-0.3, -0.25) is 0 Å². The van der Waals surface area contributed by atoms with Crippen molar-refractivity contribution >= 4 is 0 Å². The van der Waals surface area contributed by atoms with Crippen molar-refractivity contribution in [3.63, 3.8) is 0 Å². The Morgan fingerprint density at radius 1 is 1.70 bits per heavy atom. The Hall–Kier alpha value is -0.510. The van der Waals surface area contributed by atoms with Gasteiger partial charge in [-0.15, -0.1) is 0 Å². The van der Waals surface area contributed by atoms with Gasteiger partial charge in [0.1, 0.15) is 6.10 Å². The molecule has 10 heavy (non-hydrogen) atoms. The quantitative estimate of drug-likeness (QED) is 0.587. The normalized spacial score (nSPS) is 29.2. The summed E-state index contributed by atoms with van der Waals surface area (Å²) >= 11 is 0. The highest BCUT2D eigenvalue weighted by atomic mass is 19.3. The minimum Gasteiger partial charge on any atom is -0.368 e. The van der Waals surface area contributed by atoms with Gasteiger partial charge in [0.2, 0.25) is 0 Å². The fourth-order valence-corrected chi connectivity index (χ4v) is 0.721.